The van der Waals surface area contributed by atoms with E-state index >= 15 is 0 Å². The van der Waals surface area contributed by atoms with E-state index in [1.54, 1.807) is 0 Å². The van der Waals surface area contributed by atoms with Crippen molar-refractivity contribution in [3.8, 4) is 0 Å². The van der Waals surface area contributed by atoms with Gasteiger partial charge in [-0.1, -0.05) is 42.9 Å². The van der Waals surface area contributed by atoms with Crippen molar-refractivity contribution in [2.45, 2.75) is 20.0 Å². The van der Waals surface area contributed by atoms with E-state index in [4.69, 9.17) is 5.73 Å². The number of nitrogens with two attached hydrogens (primary N) is 1. The first-order valence-corrected chi connectivity index (χ1v) is 13.4. The number of benzene rings is 3. The highest BCUT2D eigenvalue weighted by Crippen LogP contribution is 2.30. The lowest BCUT2D eigenvalue weighted by molar-refractivity contribution is -0.344. The van der Waals surface area contributed by atoms with Gasteiger partial charge in [0, 0.05) is 37.6 Å². The molecule has 3 nitrogen and oxygen atoms in total. The second-order valence-electron chi connectivity index (χ2n) is 9.18. The SMILES string of the molecule is Cc1ccc2c(c1)[Si](C)(C)c1cc(N(C)C)ccc1C2=c1cc(N)cc2c1=CC=[NH+]2. The van der Waals surface area contributed by atoms with E-state index in [1.807, 2.05) is 12.3 Å². The van der Waals surface area contributed by atoms with Crippen LogP contribution in [0, 0.1) is 6.92 Å². The summed E-state index contributed by atoms with van der Waals surface area (Å²) < 4.78 is 0. The summed E-state index contributed by atoms with van der Waals surface area (Å²) in [6, 6.07) is 18.1. The number of aryl methyl sites for hydroxylation is 1. The van der Waals surface area contributed by atoms with E-state index in [2.05, 4.69) is 92.5 Å². The molecular formula is C26H28N3Si+. The van der Waals surface area contributed by atoms with Crippen molar-refractivity contribution in [1.82, 2.24) is 0 Å². The molecule has 150 valence electrons. The summed E-state index contributed by atoms with van der Waals surface area (Å²) in [5.41, 5.74) is 14.8. The van der Waals surface area contributed by atoms with Crippen LogP contribution in [0.25, 0.3) is 11.6 Å². The molecule has 0 bridgehead atoms. The molecule has 0 amide bonds. The zero-order chi connectivity index (χ0) is 21.2. The molecule has 2 aliphatic rings. The van der Waals surface area contributed by atoms with Crippen LogP contribution in [0.4, 0.5) is 17.1 Å². The molecule has 0 aliphatic carbocycles. The lowest BCUT2D eigenvalue weighted by atomic mass is 9.92. The number of nitrogens with one attached hydrogen (secondary N) is 1. The summed E-state index contributed by atoms with van der Waals surface area (Å²) in [7, 11) is 2.36. The first-order valence-electron chi connectivity index (χ1n) is 10.4. The average molecular weight is 411 g/mol. The van der Waals surface area contributed by atoms with Crippen molar-refractivity contribution in [2.24, 2.45) is 0 Å². The number of hydrogen-bond donors (Lipinski definition) is 2. The Balaban J connectivity index is 2.00. The smallest absolute Gasteiger partial charge is 0.213 e. The third-order valence-electron chi connectivity index (χ3n) is 6.54. The van der Waals surface area contributed by atoms with Crippen LogP contribution in [0.2, 0.25) is 13.1 Å². The second-order valence-corrected chi connectivity index (χ2v) is 13.5. The zero-order valence-corrected chi connectivity index (χ0v) is 19.3. The zero-order valence-electron chi connectivity index (χ0n) is 18.3. The maximum atomic E-state index is 6.34. The molecular weight excluding hydrogens is 382 g/mol. The Hall–Kier alpha value is -3.11. The lowest BCUT2D eigenvalue weighted by Crippen LogP contribution is -2.62. The van der Waals surface area contributed by atoms with Crippen LogP contribution in [-0.2, 0) is 0 Å². The first-order chi connectivity index (χ1) is 14.3. The first kappa shape index (κ1) is 18.9. The highest BCUT2D eigenvalue weighted by molar-refractivity contribution is 7.02. The highest BCUT2D eigenvalue weighted by Gasteiger charge is 2.37. The number of fused-ring (bicyclic) bond motifs is 3. The van der Waals surface area contributed by atoms with Crippen molar-refractivity contribution in [3.63, 3.8) is 0 Å². The minimum atomic E-state index is -1.87. The van der Waals surface area contributed by atoms with Gasteiger partial charge in [0.2, 0.25) is 5.69 Å². The van der Waals surface area contributed by atoms with Gasteiger partial charge in [-0.05, 0) is 57.4 Å². The molecule has 4 heteroatoms. The van der Waals surface area contributed by atoms with Crippen molar-refractivity contribution in [3.05, 3.63) is 75.7 Å². The van der Waals surface area contributed by atoms with Gasteiger partial charge in [-0.3, -0.25) is 0 Å². The van der Waals surface area contributed by atoms with Gasteiger partial charge >= 0.3 is 0 Å². The third-order valence-corrected chi connectivity index (χ3v) is 10.1. The van der Waals surface area contributed by atoms with Crippen LogP contribution in [-0.4, -0.2) is 28.4 Å². The molecule has 0 spiro atoms. The maximum absolute atomic E-state index is 6.34. The van der Waals surface area contributed by atoms with E-state index in [1.165, 1.54) is 48.8 Å². The Kier molecular flexibility index (Phi) is 4.06. The molecule has 5 rings (SSSR count). The van der Waals surface area contributed by atoms with E-state index in [9.17, 15) is 0 Å². The summed E-state index contributed by atoms with van der Waals surface area (Å²) in [5, 5.41) is 5.43. The molecule has 30 heavy (non-hydrogen) atoms. The molecule has 0 saturated carbocycles. The normalized spacial score (nSPS) is 17.1. The average Bonchev–Trinajstić information content (AvgIpc) is 3.16. The number of rotatable bonds is 1. The van der Waals surface area contributed by atoms with Gasteiger partial charge in [0.15, 0.2) is 6.21 Å². The van der Waals surface area contributed by atoms with Crippen LogP contribution in [0.5, 0.6) is 0 Å². The van der Waals surface area contributed by atoms with E-state index < -0.39 is 8.07 Å². The monoisotopic (exact) mass is 410 g/mol. The molecule has 0 unspecified atom stereocenters. The van der Waals surface area contributed by atoms with Gasteiger partial charge in [0.1, 0.15) is 8.07 Å². The number of hydrogen-bond acceptors (Lipinski definition) is 2. The Labute approximate surface area is 178 Å². The molecule has 3 aromatic carbocycles. The van der Waals surface area contributed by atoms with Crippen LogP contribution in [0.1, 0.15) is 16.7 Å². The summed E-state index contributed by atoms with van der Waals surface area (Å²) >= 11 is 0. The van der Waals surface area contributed by atoms with Crippen molar-refractivity contribution >= 4 is 53.4 Å². The summed E-state index contributed by atoms with van der Waals surface area (Å²) in [4.78, 5) is 5.54. The van der Waals surface area contributed by atoms with Gasteiger partial charge in [-0.15, -0.1) is 0 Å². The topological polar surface area (TPSA) is 43.2 Å². The predicted molar refractivity (Wildman–Crippen MR) is 132 cm³/mol. The van der Waals surface area contributed by atoms with Crippen molar-refractivity contribution in [2.75, 3.05) is 24.7 Å². The highest BCUT2D eigenvalue weighted by atomic mass is 28.3. The summed E-state index contributed by atoms with van der Waals surface area (Å²) in [6.45, 7) is 7.15. The standard InChI is InChI=1S/C26H27N3Si/c1-16-6-8-20-24(12-16)30(4,5)25-15-18(29(2)3)7-9-21(25)26(20)22-13-17(27)14-23-19(22)10-11-28-23/h6-15H,27H2,1-5H3/p+1. The van der Waals surface area contributed by atoms with Gasteiger partial charge in [0.25, 0.3) is 0 Å². The summed E-state index contributed by atoms with van der Waals surface area (Å²) in [5.74, 6) is 0. The Morgan fingerprint density at radius 1 is 0.900 bits per heavy atom. The van der Waals surface area contributed by atoms with Crippen LogP contribution in [0.3, 0.4) is 0 Å². The van der Waals surface area contributed by atoms with Crippen LogP contribution < -0.4 is 36.4 Å². The Morgan fingerprint density at radius 3 is 2.33 bits per heavy atom. The summed E-state index contributed by atoms with van der Waals surface area (Å²) in [6.07, 6.45) is 4.16. The number of nitrogens with zero attached hydrogens (tertiary/aromatic N) is 1. The fraction of sp³-hybridized carbons (Fsp3) is 0.192. The van der Waals surface area contributed by atoms with Crippen molar-refractivity contribution < 1.29 is 4.99 Å². The van der Waals surface area contributed by atoms with Gasteiger partial charge in [-0.2, -0.15) is 0 Å². The molecule has 3 aromatic rings. The van der Waals surface area contributed by atoms with E-state index in [0.29, 0.717) is 0 Å². The molecule has 2 heterocycles. The fourth-order valence-corrected chi connectivity index (χ4v) is 8.07. The van der Waals surface area contributed by atoms with E-state index in [-0.39, 0.29) is 0 Å². The molecule has 3 N–H and O–H groups in total. The predicted octanol–water partition coefficient (Wildman–Crippen LogP) is 0.604. The third kappa shape index (κ3) is 2.67. The fourth-order valence-electron chi connectivity index (χ4n) is 4.92. The van der Waals surface area contributed by atoms with Crippen molar-refractivity contribution in [1.29, 1.82) is 0 Å². The lowest BCUT2D eigenvalue weighted by Gasteiger charge is -2.36. The molecule has 2 aliphatic heterocycles. The van der Waals surface area contributed by atoms with Gasteiger partial charge < -0.3 is 10.6 Å². The quantitative estimate of drug-likeness (QED) is 0.456. The molecule has 0 fully saturated rings. The largest absolute Gasteiger partial charge is 0.399 e. The van der Waals surface area contributed by atoms with Crippen LogP contribution >= 0.6 is 0 Å². The second kappa shape index (κ2) is 6.44. The molecule has 0 radical (unpaired) electrons. The van der Waals surface area contributed by atoms with Crippen LogP contribution in [0.15, 0.2) is 48.5 Å². The minimum Gasteiger partial charge on any atom is -0.399 e. The maximum Gasteiger partial charge on any atom is 0.213 e. The number of nitrogen functional groups attached to an aromatic ring is 1. The van der Waals surface area contributed by atoms with E-state index in [0.717, 1.165) is 11.4 Å². The van der Waals surface area contributed by atoms with Gasteiger partial charge in [-0.25, -0.2) is 4.99 Å². The molecule has 0 atom stereocenters. The van der Waals surface area contributed by atoms with Gasteiger partial charge in [0.05, 0.1) is 5.22 Å². The number of anilines is 2. The molecule has 0 saturated heterocycles. The minimum absolute atomic E-state index is 0.787. The Bertz CT molecular complexity index is 1360. The molecule has 0 aromatic heterocycles. The Morgan fingerprint density at radius 2 is 1.60 bits per heavy atom.